The molecule has 3 rings (SSSR count). The zero-order valence-electron chi connectivity index (χ0n) is 10.4. The third-order valence-electron chi connectivity index (χ3n) is 3.94. The van der Waals surface area contributed by atoms with Crippen LogP contribution in [0.15, 0.2) is 0 Å². The van der Waals surface area contributed by atoms with Crippen LogP contribution in [0.1, 0.15) is 54.1 Å². The molecule has 0 amide bonds. The van der Waals surface area contributed by atoms with Crippen LogP contribution in [-0.4, -0.2) is 22.7 Å². The van der Waals surface area contributed by atoms with Crippen molar-refractivity contribution in [2.75, 3.05) is 6.61 Å². The zero-order valence-corrected chi connectivity index (χ0v) is 11.3. The van der Waals surface area contributed by atoms with Crippen LogP contribution in [0, 0.1) is 0 Å². The molecule has 98 valence electrons. The highest BCUT2D eigenvalue weighted by atomic mass is 32.1. The van der Waals surface area contributed by atoms with Crippen molar-refractivity contribution < 1.29 is 14.6 Å². The average molecular weight is 267 g/mol. The first kappa shape index (κ1) is 12.1. The van der Waals surface area contributed by atoms with E-state index >= 15 is 0 Å². The molecule has 2 atom stereocenters. The molecular weight excluding hydrogens is 250 g/mol. The van der Waals surface area contributed by atoms with Gasteiger partial charge in [0.2, 0.25) is 0 Å². The molecule has 2 aliphatic rings. The number of fused-ring (bicyclic) bond motifs is 1. The second-order valence-electron chi connectivity index (χ2n) is 5.29. The van der Waals surface area contributed by atoms with Crippen molar-refractivity contribution in [2.45, 2.75) is 50.5 Å². The molecule has 1 saturated heterocycles. The van der Waals surface area contributed by atoms with Gasteiger partial charge in [-0.25, -0.2) is 4.98 Å². The van der Waals surface area contributed by atoms with Crippen LogP contribution in [-0.2, 0) is 21.6 Å². The summed E-state index contributed by atoms with van der Waals surface area (Å²) in [6.45, 7) is 2.86. The number of carboxylic acids is 1. The minimum atomic E-state index is -0.750. The Morgan fingerprint density at radius 3 is 3.06 bits per heavy atom. The molecule has 4 nitrogen and oxygen atoms in total. The number of hydrogen-bond acceptors (Lipinski definition) is 4. The summed E-state index contributed by atoms with van der Waals surface area (Å²) in [5.41, 5.74) is 0.494. The number of hydrogen-bond donors (Lipinski definition) is 1. The standard InChI is InChI=1S/C13H17NO3S/c1-13(6-2-3-7-17-13)12-14-10-8(11(15)16)4-5-9(10)18-12/h8H,2-7H2,1H3,(H,15,16). The number of nitrogens with zero attached hydrogens (tertiary/aromatic N) is 1. The summed E-state index contributed by atoms with van der Waals surface area (Å²) in [6, 6.07) is 0. The van der Waals surface area contributed by atoms with E-state index in [0.717, 1.165) is 47.9 Å². The number of aryl methyl sites for hydroxylation is 1. The molecule has 0 radical (unpaired) electrons. The van der Waals surface area contributed by atoms with Gasteiger partial charge in [0.1, 0.15) is 16.5 Å². The van der Waals surface area contributed by atoms with Gasteiger partial charge in [0, 0.05) is 11.5 Å². The van der Waals surface area contributed by atoms with E-state index in [0.29, 0.717) is 6.42 Å². The Labute approximate surface area is 110 Å². The molecule has 0 aromatic carbocycles. The van der Waals surface area contributed by atoms with E-state index in [9.17, 15) is 9.90 Å². The van der Waals surface area contributed by atoms with Gasteiger partial charge in [0.25, 0.3) is 0 Å². The van der Waals surface area contributed by atoms with Gasteiger partial charge in [-0.2, -0.15) is 0 Å². The van der Waals surface area contributed by atoms with E-state index in [2.05, 4.69) is 11.9 Å². The highest BCUT2D eigenvalue weighted by Crippen LogP contribution is 2.43. The van der Waals surface area contributed by atoms with E-state index in [-0.39, 0.29) is 5.60 Å². The van der Waals surface area contributed by atoms with Crippen LogP contribution >= 0.6 is 11.3 Å². The maximum atomic E-state index is 11.2. The Kier molecular flexibility index (Phi) is 2.90. The van der Waals surface area contributed by atoms with E-state index in [4.69, 9.17) is 4.74 Å². The third kappa shape index (κ3) is 1.86. The van der Waals surface area contributed by atoms with Crippen LogP contribution in [0.2, 0.25) is 0 Å². The summed E-state index contributed by atoms with van der Waals surface area (Å²) in [5, 5.41) is 10.1. The molecule has 1 aliphatic heterocycles. The lowest BCUT2D eigenvalue weighted by molar-refractivity contribution is -0.138. The van der Waals surface area contributed by atoms with Gasteiger partial charge >= 0.3 is 5.97 Å². The quantitative estimate of drug-likeness (QED) is 0.895. The fourth-order valence-corrected chi connectivity index (χ4v) is 4.06. The SMILES string of the molecule is CC1(c2nc3c(s2)CCC3C(=O)O)CCCCO1. The third-order valence-corrected chi connectivity index (χ3v) is 5.31. The van der Waals surface area contributed by atoms with Crippen LogP contribution < -0.4 is 0 Å². The minimum absolute atomic E-state index is 0.295. The van der Waals surface area contributed by atoms with Gasteiger partial charge < -0.3 is 9.84 Å². The predicted molar refractivity (Wildman–Crippen MR) is 68.0 cm³/mol. The number of carboxylic acid groups (broad SMARTS) is 1. The molecule has 5 heteroatoms. The van der Waals surface area contributed by atoms with Crippen molar-refractivity contribution >= 4 is 17.3 Å². The highest BCUT2D eigenvalue weighted by Gasteiger charge is 2.38. The van der Waals surface area contributed by atoms with Crippen molar-refractivity contribution in [3.8, 4) is 0 Å². The van der Waals surface area contributed by atoms with Crippen LogP contribution in [0.25, 0.3) is 0 Å². The van der Waals surface area contributed by atoms with Gasteiger partial charge in [0.05, 0.1) is 5.69 Å². The molecule has 1 N–H and O–H groups in total. The first-order valence-electron chi connectivity index (χ1n) is 6.47. The maximum absolute atomic E-state index is 11.2. The number of thiazole rings is 1. The smallest absolute Gasteiger partial charge is 0.312 e. The fourth-order valence-electron chi connectivity index (χ4n) is 2.80. The molecular formula is C13H17NO3S. The van der Waals surface area contributed by atoms with E-state index in [1.54, 1.807) is 11.3 Å². The van der Waals surface area contributed by atoms with E-state index in [1.807, 2.05) is 0 Å². The monoisotopic (exact) mass is 267 g/mol. The summed E-state index contributed by atoms with van der Waals surface area (Å²) in [5.74, 6) is -1.16. The number of aromatic nitrogens is 1. The van der Waals surface area contributed by atoms with Crippen molar-refractivity contribution in [3.05, 3.63) is 15.6 Å². The van der Waals surface area contributed by atoms with Crippen LogP contribution in [0.4, 0.5) is 0 Å². The average Bonchev–Trinajstić information content (AvgIpc) is 2.88. The van der Waals surface area contributed by atoms with Crippen molar-refractivity contribution in [2.24, 2.45) is 0 Å². The van der Waals surface area contributed by atoms with Crippen LogP contribution in [0.3, 0.4) is 0 Å². The Hall–Kier alpha value is -0.940. The zero-order chi connectivity index (χ0) is 12.8. The Bertz CT molecular complexity index is 477. The van der Waals surface area contributed by atoms with Gasteiger partial charge in [-0.3, -0.25) is 4.79 Å². The van der Waals surface area contributed by atoms with Crippen LogP contribution in [0.5, 0.6) is 0 Å². The normalized spacial score (nSPS) is 31.3. The predicted octanol–water partition coefficient (Wildman–Crippen LogP) is 2.67. The second kappa shape index (κ2) is 4.31. The van der Waals surface area contributed by atoms with E-state index in [1.165, 1.54) is 0 Å². The second-order valence-corrected chi connectivity index (χ2v) is 6.38. The van der Waals surface area contributed by atoms with Gasteiger partial charge in [-0.05, 0) is 39.0 Å². The van der Waals surface area contributed by atoms with Gasteiger partial charge in [0.15, 0.2) is 0 Å². The van der Waals surface area contributed by atoms with Gasteiger partial charge in [-0.1, -0.05) is 0 Å². The van der Waals surface area contributed by atoms with Crippen molar-refractivity contribution in [1.82, 2.24) is 4.98 Å². The fraction of sp³-hybridized carbons (Fsp3) is 0.692. The lowest BCUT2D eigenvalue weighted by Crippen LogP contribution is -2.30. The summed E-state index contributed by atoms with van der Waals surface area (Å²) in [4.78, 5) is 16.9. The Morgan fingerprint density at radius 1 is 1.56 bits per heavy atom. The molecule has 1 aromatic rings. The number of rotatable bonds is 2. The van der Waals surface area contributed by atoms with Gasteiger partial charge in [-0.15, -0.1) is 11.3 Å². The Morgan fingerprint density at radius 2 is 2.39 bits per heavy atom. The molecule has 0 bridgehead atoms. The maximum Gasteiger partial charge on any atom is 0.312 e. The minimum Gasteiger partial charge on any atom is -0.481 e. The summed E-state index contributed by atoms with van der Waals surface area (Å²) in [7, 11) is 0. The molecule has 1 aliphatic carbocycles. The largest absolute Gasteiger partial charge is 0.481 e. The topological polar surface area (TPSA) is 59.4 Å². The van der Waals surface area contributed by atoms with Crippen molar-refractivity contribution in [1.29, 1.82) is 0 Å². The molecule has 2 unspecified atom stereocenters. The molecule has 1 aromatic heterocycles. The number of carbonyl (C=O) groups is 1. The first-order valence-corrected chi connectivity index (χ1v) is 7.29. The molecule has 18 heavy (non-hydrogen) atoms. The Balaban J connectivity index is 1.92. The number of ether oxygens (including phenoxy) is 1. The summed E-state index contributed by atoms with van der Waals surface area (Å²) < 4.78 is 5.88. The highest BCUT2D eigenvalue weighted by molar-refractivity contribution is 7.12. The molecule has 2 heterocycles. The molecule has 0 saturated carbocycles. The van der Waals surface area contributed by atoms with Crippen molar-refractivity contribution in [3.63, 3.8) is 0 Å². The molecule has 1 fully saturated rings. The lowest BCUT2D eigenvalue weighted by atomic mass is 9.96. The first-order chi connectivity index (χ1) is 8.60. The number of aliphatic carboxylic acids is 1. The van der Waals surface area contributed by atoms with E-state index < -0.39 is 11.9 Å². The lowest BCUT2D eigenvalue weighted by Gasteiger charge is -2.32. The molecule has 0 spiro atoms. The summed E-state index contributed by atoms with van der Waals surface area (Å²) in [6.07, 6.45) is 4.79. The summed E-state index contributed by atoms with van der Waals surface area (Å²) >= 11 is 1.65.